The van der Waals surface area contributed by atoms with Crippen LogP contribution in [0.3, 0.4) is 0 Å². The highest BCUT2D eigenvalue weighted by molar-refractivity contribution is 5.94. The minimum atomic E-state index is -4.14. The van der Waals surface area contributed by atoms with Crippen molar-refractivity contribution in [2.24, 2.45) is 5.92 Å². The zero-order valence-corrected chi connectivity index (χ0v) is 11.4. The normalized spacial score (nSPS) is 17.3. The van der Waals surface area contributed by atoms with E-state index in [1.54, 1.807) is 12.1 Å². The van der Waals surface area contributed by atoms with E-state index in [2.05, 4.69) is 0 Å². The van der Waals surface area contributed by atoms with Crippen LogP contribution in [-0.4, -0.2) is 30.1 Å². The lowest BCUT2D eigenvalue weighted by atomic mass is 9.95. The van der Waals surface area contributed by atoms with E-state index in [1.165, 1.54) is 4.90 Å². The second kappa shape index (κ2) is 5.85. The summed E-state index contributed by atoms with van der Waals surface area (Å²) >= 11 is 0. The van der Waals surface area contributed by atoms with Gasteiger partial charge in [-0.15, -0.1) is 0 Å². The van der Waals surface area contributed by atoms with Crippen LogP contribution in [0.4, 0.5) is 13.2 Å². The Morgan fingerprint density at radius 1 is 1.20 bits per heavy atom. The summed E-state index contributed by atoms with van der Waals surface area (Å²) < 4.78 is 37.7. The van der Waals surface area contributed by atoms with Crippen LogP contribution < -0.4 is 0 Å². The molecule has 5 heteroatoms. The molecule has 1 heterocycles. The van der Waals surface area contributed by atoms with Gasteiger partial charge in [0.2, 0.25) is 0 Å². The number of hydrogen-bond acceptors (Lipinski definition) is 1. The average Bonchev–Trinajstić information content (AvgIpc) is 2.46. The van der Waals surface area contributed by atoms with Gasteiger partial charge in [0.15, 0.2) is 0 Å². The summed E-state index contributed by atoms with van der Waals surface area (Å²) in [6, 6.07) is 7.26. The molecule has 1 fully saturated rings. The lowest BCUT2D eigenvalue weighted by Crippen LogP contribution is -2.42. The van der Waals surface area contributed by atoms with Gasteiger partial charge in [-0.1, -0.05) is 19.1 Å². The highest BCUT2D eigenvalue weighted by Crippen LogP contribution is 2.34. The maximum Gasteiger partial charge on any atom is 0.391 e. The van der Waals surface area contributed by atoms with Gasteiger partial charge in [0, 0.05) is 18.7 Å². The number of aryl methyl sites for hydroxylation is 1. The van der Waals surface area contributed by atoms with Crippen LogP contribution in [-0.2, 0) is 6.42 Å². The van der Waals surface area contributed by atoms with Crippen LogP contribution in [0, 0.1) is 5.92 Å². The number of nitrogens with zero attached hydrogens (tertiary/aromatic N) is 1. The van der Waals surface area contributed by atoms with Gasteiger partial charge >= 0.3 is 6.18 Å². The summed E-state index contributed by atoms with van der Waals surface area (Å²) in [6.07, 6.45) is -3.24. The minimum absolute atomic E-state index is 0.00227. The summed E-state index contributed by atoms with van der Waals surface area (Å²) in [5, 5.41) is 0. The largest absolute Gasteiger partial charge is 0.391 e. The van der Waals surface area contributed by atoms with Gasteiger partial charge < -0.3 is 4.90 Å². The van der Waals surface area contributed by atoms with E-state index >= 15 is 0 Å². The molecule has 0 bridgehead atoms. The molecule has 1 aliphatic rings. The molecule has 2 nitrogen and oxygen atoms in total. The van der Waals surface area contributed by atoms with Crippen molar-refractivity contribution in [2.45, 2.75) is 32.4 Å². The van der Waals surface area contributed by atoms with Crippen molar-refractivity contribution in [1.82, 2.24) is 4.90 Å². The molecule has 110 valence electrons. The molecule has 0 unspecified atom stereocenters. The van der Waals surface area contributed by atoms with Gasteiger partial charge in [-0.2, -0.15) is 13.2 Å². The van der Waals surface area contributed by atoms with Crippen molar-refractivity contribution in [3.63, 3.8) is 0 Å². The number of alkyl halides is 3. The lowest BCUT2D eigenvalue weighted by molar-refractivity contribution is -0.183. The molecule has 0 aromatic heterocycles. The van der Waals surface area contributed by atoms with E-state index < -0.39 is 12.1 Å². The van der Waals surface area contributed by atoms with Gasteiger partial charge in [-0.25, -0.2) is 0 Å². The Morgan fingerprint density at radius 3 is 2.20 bits per heavy atom. The second-order valence-corrected chi connectivity index (χ2v) is 5.16. The maximum absolute atomic E-state index is 12.6. The fourth-order valence-corrected chi connectivity index (χ4v) is 2.48. The first-order chi connectivity index (χ1) is 9.41. The number of rotatable bonds is 2. The highest BCUT2D eigenvalue weighted by atomic mass is 19.4. The fourth-order valence-electron chi connectivity index (χ4n) is 2.48. The SMILES string of the molecule is CCc1ccc(C(=O)N2CCC(C(F)(F)F)CC2)cc1. The predicted molar refractivity (Wildman–Crippen MR) is 70.5 cm³/mol. The van der Waals surface area contributed by atoms with Crippen molar-refractivity contribution in [2.75, 3.05) is 13.1 Å². The molecule has 2 rings (SSSR count). The number of hydrogen-bond donors (Lipinski definition) is 0. The zero-order valence-electron chi connectivity index (χ0n) is 11.4. The summed E-state index contributed by atoms with van der Waals surface area (Å²) in [5.74, 6) is -1.44. The van der Waals surface area contributed by atoms with E-state index in [-0.39, 0.29) is 31.8 Å². The van der Waals surface area contributed by atoms with Crippen molar-refractivity contribution < 1.29 is 18.0 Å². The van der Waals surface area contributed by atoms with Crippen molar-refractivity contribution in [3.05, 3.63) is 35.4 Å². The fraction of sp³-hybridized carbons (Fsp3) is 0.533. The number of carbonyl (C=O) groups is 1. The van der Waals surface area contributed by atoms with Crippen molar-refractivity contribution in [3.8, 4) is 0 Å². The van der Waals surface area contributed by atoms with Crippen molar-refractivity contribution >= 4 is 5.91 Å². The number of halogens is 3. The molecule has 1 aliphatic heterocycles. The summed E-state index contributed by atoms with van der Waals surface area (Å²) in [4.78, 5) is 13.7. The number of likely N-dealkylation sites (tertiary alicyclic amines) is 1. The Balaban J connectivity index is 1.97. The highest BCUT2D eigenvalue weighted by Gasteiger charge is 2.41. The molecule has 1 amide bonds. The third-order valence-corrected chi connectivity index (χ3v) is 3.85. The first-order valence-corrected chi connectivity index (χ1v) is 6.86. The third kappa shape index (κ3) is 3.32. The van der Waals surface area contributed by atoms with Gasteiger partial charge in [0.1, 0.15) is 0 Å². The molecule has 20 heavy (non-hydrogen) atoms. The van der Waals surface area contributed by atoms with Gasteiger partial charge in [0.25, 0.3) is 5.91 Å². The van der Waals surface area contributed by atoms with Crippen LogP contribution in [0.2, 0.25) is 0 Å². The van der Waals surface area contributed by atoms with E-state index in [9.17, 15) is 18.0 Å². The van der Waals surface area contributed by atoms with E-state index in [0.717, 1.165) is 12.0 Å². The van der Waals surface area contributed by atoms with E-state index in [0.29, 0.717) is 5.56 Å². The molecule has 1 aromatic carbocycles. The Hall–Kier alpha value is -1.52. The molecule has 0 radical (unpaired) electrons. The Labute approximate surface area is 116 Å². The van der Waals surface area contributed by atoms with Crippen LogP contribution in [0.15, 0.2) is 24.3 Å². The van der Waals surface area contributed by atoms with Crippen LogP contribution >= 0.6 is 0 Å². The standard InChI is InChI=1S/C15H18F3NO/c1-2-11-3-5-12(6-4-11)14(20)19-9-7-13(8-10-19)15(16,17)18/h3-6,13H,2,7-10H2,1H3. The molecule has 1 aromatic rings. The molecule has 0 aliphatic carbocycles. The van der Waals surface area contributed by atoms with E-state index in [4.69, 9.17) is 0 Å². The first-order valence-electron chi connectivity index (χ1n) is 6.86. The van der Waals surface area contributed by atoms with Crippen molar-refractivity contribution in [1.29, 1.82) is 0 Å². The molecule has 0 atom stereocenters. The summed E-state index contributed by atoms with van der Waals surface area (Å²) in [6.45, 7) is 2.38. The molecular weight excluding hydrogens is 267 g/mol. The zero-order chi connectivity index (χ0) is 14.8. The molecule has 1 saturated heterocycles. The smallest absolute Gasteiger partial charge is 0.339 e. The monoisotopic (exact) mass is 285 g/mol. The quantitative estimate of drug-likeness (QED) is 0.812. The van der Waals surface area contributed by atoms with Crippen LogP contribution in [0.25, 0.3) is 0 Å². The van der Waals surface area contributed by atoms with Gasteiger partial charge in [-0.05, 0) is 37.0 Å². The van der Waals surface area contributed by atoms with E-state index in [1.807, 2.05) is 19.1 Å². The van der Waals surface area contributed by atoms with Gasteiger partial charge in [0.05, 0.1) is 5.92 Å². The second-order valence-electron chi connectivity index (χ2n) is 5.16. The summed E-state index contributed by atoms with van der Waals surface area (Å²) in [5.41, 5.74) is 1.69. The molecule has 0 N–H and O–H groups in total. The predicted octanol–water partition coefficient (Wildman–Crippen LogP) is 3.66. The number of benzene rings is 1. The number of amides is 1. The summed E-state index contributed by atoms with van der Waals surface area (Å²) in [7, 11) is 0. The number of piperidine rings is 1. The molecule has 0 spiro atoms. The Kier molecular flexibility index (Phi) is 4.35. The molecule has 0 saturated carbocycles. The maximum atomic E-state index is 12.6. The van der Waals surface area contributed by atoms with Crippen LogP contribution in [0.5, 0.6) is 0 Å². The topological polar surface area (TPSA) is 20.3 Å². The Bertz CT molecular complexity index is 459. The third-order valence-electron chi connectivity index (χ3n) is 3.85. The number of carbonyl (C=O) groups excluding carboxylic acids is 1. The first kappa shape index (κ1) is 14.9. The van der Waals surface area contributed by atoms with Gasteiger partial charge in [-0.3, -0.25) is 4.79 Å². The molecular formula is C15H18F3NO. The minimum Gasteiger partial charge on any atom is -0.339 e. The lowest BCUT2D eigenvalue weighted by Gasteiger charge is -2.33. The van der Waals surface area contributed by atoms with Crippen LogP contribution in [0.1, 0.15) is 35.7 Å². The average molecular weight is 285 g/mol. The Morgan fingerprint density at radius 2 is 1.75 bits per heavy atom.